The first-order chi connectivity index (χ1) is 20.0. The summed E-state index contributed by atoms with van der Waals surface area (Å²) in [6, 6.07) is 9.58. The fourth-order valence-corrected chi connectivity index (χ4v) is 6.13. The first kappa shape index (κ1) is 27.6. The maximum Gasteiger partial charge on any atom is 0.405 e. The molecule has 12 nitrogen and oxygen atoms in total. The van der Waals surface area contributed by atoms with E-state index in [9.17, 15) is 24.7 Å². The van der Waals surface area contributed by atoms with Gasteiger partial charge in [-0.05, 0) is 76.6 Å². The molecule has 1 unspecified atom stereocenters. The number of hydrogen-bond acceptors (Lipinski definition) is 8. The number of carboxylic acid groups (broad SMARTS) is 1. The lowest BCUT2D eigenvalue weighted by Crippen LogP contribution is -2.60. The number of pyridine rings is 1. The average Bonchev–Trinajstić information content (AvgIpc) is 3.60. The van der Waals surface area contributed by atoms with Crippen LogP contribution in [0.5, 0.6) is 0 Å². The summed E-state index contributed by atoms with van der Waals surface area (Å²) in [5.41, 5.74) is 2.44. The van der Waals surface area contributed by atoms with Crippen molar-refractivity contribution in [1.82, 2.24) is 34.9 Å². The number of nitriles is 1. The van der Waals surface area contributed by atoms with Crippen LogP contribution in [0.4, 0.5) is 14.9 Å². The maximum absolute atomic E-state index is 14.6. The topological polar surface area (TPSA) is 166 Å². The molecule has 0 radical (unpaired) electrons. The number of amides is 1. The minimum Gasteiger partial charge on any atom is -0.465 e. The first-order valence-electron chi connectivity index (χ1n) is 13.9. The Morgan fingerprint density at radius 3 is 2.52 bits per heavy atom. The van der Waals surface area contributed by atoms with Gasteiger partial charge < -0.3 is 20.8 Å². The van der Waals surface area contributed by atoms with Crippen molar-refractivity contribution in [2.75, 3.05) is 5.32 Å². The molecule has 218 valence electrons. The number of anilines is 1. The van der Waals surface area contributed by atoms with Crippen molar-refractivity contribution < 1.29 is 19.4 Å². The van der Waals surface area contributed by atoms with Crippen molar-refractivity contribution in [3.05, 3.63) is 48.4 Å². The summed E-state index contributed by atoms with van der Waals surface area (Å²) in [6.45, 7) is 2.67. The fourth-order valence-electron chi connectivity index (χ4n) is 6.13. The number of aromatic nitrogens is 6. The quantitative estimate of drug-likeness (QED) is 0.242. The third kappa shape index (κ3) is 5.14. The van der Waals surface area contributed by atoms with E-state index in [2.05, 4.69) is 32.1 Å². The van der Waals surface area contributed by atoms with Crippen molar-refractivity contribution in [2.24, 2.45) is 0 Å². The van der Waals surface area contributed by atoms with Gasteiger partial charge in [-0.3, -0.25) is 4.98 Å². The minimum absolute atomic E-state index is 0.153. The van der Waals surface area contributed by atoms with Gasteiger partial charge >= 0.3 is 6.09 Å². The molecular formula is C29H32FN9O3. The van der Waals surface area contributed by atoms with Crippen LogP contribution in [0.15, 0.2) is 42.9 Å². The molecule has 1 atom stereocenters. The van der Waals surface area contributed by atoms with Crippen LogP contribution in [0.25, 0.3) is 28.2 Å². The number of fused-ring (bicyclic) bond motifs is 4. The van der Waals surface area contributed by atoms with Gasteiger partial charge in [0.15, 0.2) is 0 Å². The van der Waals surface area contributed by atoms with E-state index in [1.54, 1.807) is 23.0 Å². The maximum atomic E-state index is 14.6. The zero-order chi connectivity index (χ0) is 29.7. The minimum atomic E-state index is -1.54. The molecule has 3 aliphatic carbocycles. The van der Waals surface area contributed by atoms with Crippen LogP contribution in [0.3, 0.4) is 0 Å². The van der Waals surface area contributed by atoms with Crippen LogP contribution in [0.1, 0.15) is 57.9 Å². The van der Waals surface area contributed by atoms with E-state index in [0.29, 0.717) is 22.5 Å². The van der Waals surface area contributed by atoms with Gasteiger partial charge in [0.05, 0.1) is 47.0 Å². The predicted octanol–water partition coefficient (Wildman–Crippen LogP) is 4.16. The number of rotatable bonds is 8. The molecule has 4 N–H and O–H groups in total. The second-order valence-electron chi connectivity index (χ2n) is 12.1. The van der Waals surface area contributed by atoms with Crippen LogP contribution in [0, 0.1) is 11.3 Å². The van der Waals surface area contributed by atoms with E-state index in [-0.39, 0.29) is 17.6 Å². The highest BCUT2D eigenvalue weighted by Gasteiger charge is 2.49. The van der Waals surface area contributed by atoms with Gasteiger partial charge in [-0.2, -0.15) is 10.4 Å². The lowest BCUT2D eigenvalue weighted by molar-refractivity contribution is -0.0120. The van der Waals surface area contributed by atoms with Crippen molar-refractivity contribution in [1.29, 1.82) is 5.26 Å². The Kier molecular flexibility index (Phi) is 6.61. The van der Waals surface area contributed by atoms with Gasteiger partial charge in [0, 0.05) is 28.5 Å². The smallest absolute Gasteiger partial charge is 0.405 e. The second kappa shape index (κ2) is 10.1. The summed E-state index contributed by atoms with van der Waals surface area (Å²) >= 11 is 0. The third-order valence-corrected chi connectivity index (χ3v) is 8.74. The number of carbonyl (C=O) groups is 1. The number of hydrogen-bond donors (Lipinski definition) is 4. The van der Waals surface area contributed by atoms with E-state index in [0.717, 1.165) is 55.4 Å². The highest BCUT2D eigenvalue weighted by atomic mass is 19.1. The van der Waals surface area contributed by atoms with Gasteiger partial charge in [-0.25, -0.2) is 18.4 Å². The van der Waals surface area contributed by atoms with E-state index in [1.165, 1.54) is 24.7 Å². The zero-order valence-electron chi connectivity index (χ0n) is 23.4. The highest BCUT2D eigenvalue weighted by molar-refractivity contribution is 5.79. The Morgan fingerprint density at radius 2 is 1.86 bits per heavy atom. The second-order valence-corrected chi connectivity index (χ2v) is 12.1. The van der Waals surface area contributed by atoms with Crippen LogP contribution < -0.4 is 10.6 Å². The Bertz CT molecular complexity index is 1680. The lowest BCUT2D eigenvalue weighted by atomic mass is 9.61. The van der Waals surface area contributed by atoms with E-state index < -0.39 is 17.9 Å². The average molecular weight is 574 g/mol. The van der Waals surface area contributed by atoms with Crippen LogP contribution in [-0.4, -0.2) is 68.7 Å². The molecule has 3 saturated carbocycles. The fraction of sp³-hybridized carbons (Fsp3) is 0.448. The molecule has 0 spiro atoms. The molecule has 3 aliphatic rings. The molecule has 1 amide bonds. The summed E-state index contributed by atoms with van der Waals surface area (Å²) in [5.74, 6) is 0. The summed E-state index contributed by atoms with van der Waals surface area (Å²) in [7, 11) is 0. The summed E-state index contributed by atoms with van der Waals surface area (Å²) in [4.78, 5) is 16.1. The summed E-state index contributed by atoms with van der Waals surface area (Å²) < 4.78 is 17.7. The van der Waals surface area contributed by atoms with Gasteiger partial charge in [-0.15, -0.1) is 5.10 Å². The largest absolute Gasteiger partial charge is 0.465 e. The molecule has 4 heterocycles. The van der Waals surface area contributed by atoms with Crippen molar-refractivity contribution in [3.8, 4) is 28.7 Å². The molecule has 4 aromatic rings. The third-order valence-electron chi connectivity index (χ3n) is 8.74. The Balaban J connectivity index is 1.36. The van der Waals surface area contributed by atoms with Gasteiger partial charge in [-0.1, -0.05) is 5.21 Å². The molecule has 0 aromatic carbocycles. The number of nitrogens with one attached hydrogen (secondary N) is 2. The van der Waals surface area contributed by atoms with Crippen molar-refractivity contribution in [2.45, 2.75) is 81.8 Å². The Labute approximate surface area is 241 Å². The van der Waals surface area contributed by atoms with E-state index in [4.69, 9.17) is 4.98 Å². The number of aliphatic hydroxyl groups is 1. The van der Waals surface area contributed by atoms with Crippen molar-refractivity contribution in [3.63, 3.8) is 0 Å². The molecule has 2 bridgehead atoms. The van der Waals surface area contributed by atoms with Gasteiger partial charge in [0.1, 0.15) is 17.9 Å². The summed E-state index contributed by atoms with van der Waals surface area (Å²) in [5, 5.41) is 48.0. The molecular weight excluding hydrogens is 541 g/mol. The molecule has 13 heteroatoms. The van der Waals surface area contributed by atoms with Gasteiger partial charge in [0.2, 0.25) is 0 Å². The predicted molar refractivity (Wildman–Crippen MR) is 151 cm³/mol. The molecule has 0 aliphatic heterocycles. The molecule has 7 rings (SSSR count). The highest BCUT2D eigenvalue weighted by Crippen LogP contribution is 2.49. The van der Waals surface area contributed by atoms with Gasteiger partial charge in [0.25, 0.3) is 0 Å². The number of halogens is 1. The molecule has 0 saturated heterocycles. The zero-order valence-corrected chi connectivity index (χ0v) is 23.4. The number of nitrogens with zero attached hydrogens (tertiary/aromatic N) is 7. The molecule has 4 aromatic heterocycles. The normalized spacial score (nSPS) is 22.5. The summed E-state index contributed by atoms with van der Waals surface area (Å²) in [6.07, 6.45) is 6.90. The van der Waals surface area contributed by atoms with Crippen LogP contribution in [0.2, 0.25) is 0 Å². The Morgan fingerprint density at radius 1 is 1.14 bits per heavy atom. The standard InChI is InChI=1S/C29H32FN9O3/c1-27(2,42)25(30)17-38-16-23(36-37-38)20-15-32-22(24-4-3-19-11-18(13-31)14-33-39(19)24)12-21(20)34-28-5-8-29(9-6-28,10-7-28)35-26(40)41/h3-4,11-12,14-16,25,35,42H,5-10,17H2,1-2H3,(H,32,34)(H,40,41). The SMILES string of the molecule is CC(C)(O)C(F)Cn1cc(-c2cnc(-c3ccc4cc(C#N)cnn34)cc2NC23CCC(NC(=O)O)(CC2)CC3)nn1. The number of alkyl halides is 1. The monoisotopic (exact) mass is 573 g/mol. The van der Waals surface area contributed by atoms with Crippen LogP contribution in [-0.2, 0) is 6.54 Å². The van der Waals surface area contributed by atoms with E-state index >= 15 is 0 Å². The molecule has 42 heavy (non-hydrogen) atoms. The van der Waals surface area contributed by atoms with Crippen LogP contribution >= 0.6 is 0 Å². The Hall–Kier alpha value is -4.57. The first-order valence-corrected chi connectivity index (χ1v) is 13.9. The van der Waals surface area contributed by atoms with Crippen molar-refractivity contribution >= 4 is 17.3 Å². The van der Waals surface area contributed by atoms with E-state index in [1.807, 2.05) is 18.2 Å². The lowest BCUT2D eigenvalue weighted by Gasteiger charge is -2.54. The molecule has 3 fully saturated rings.